The highest BCUT2D eigenvalue weighted by Crippen LogP contribution is 2.44. The van der Waals surface area contributed by atoms with Crippen molar-refractivity contribution in [3.8, 4) is 6.07 Å². The minimum absolute atomic E-state index is 0.0261. The first kappa shape index (κ1) is 17.5. The topological polar surface area (TPSA) is 94.7 Å². The number of amides is 1. The van der Waals surface area contributed by atoms with E-state index in [4.69, 9.17) is 4.74 Å². The Morgan fingerprint density at radius 1 is 1.36 bits per heavy atom. The molecule has 28 heavy (non-hydrogen) atoms. The molecule has 1 aliphatic carbocycles. The van der Waals surface area contributed by atoms with Gasteiger partial charge in [0.2, 0.25) is 0 Å². The average Bonchev–Trinajstić information content (AvgIpc) is 3.11. The number of pyridine rings is 1. The highest BCUT2D eigenvalue weighted by Gasteiger charge is 2.49. The van der Waals surface area contributed by atoms with Crippen molar-refractivity contribution in [1.29, 1.82) is 5.26 Å². The van der Waals surface area contributed by atoms with E-state index in [1.807, 2.05) is 19.1 Å². The molecule has 3 aliphatic rings. The van der Waals surface area contributed by atoms with E-state index in [2.05, 4.69) is 26.7 Å². The largest absolute Gasteiger partial charge is 0.364 e. The third-order valence-corrected chi connectivity index (χ3v) is 6.25. The summed E-state index contributed by atoms with van der Waals surface area (Å²) in [7, 11) is 0. The Hall–Kier alpha value is -2.63. The number of hydrogen-bond donors (Lipinski definition) is 2. The van der Waals surface area contributed by atoms with Crippen molar-refractivity contribution in [3.05, 3.63) is 30.1 Å². The molecule has 1 amide bonds. The van der Waals surface area contributed by atoms with Crippen molar-refractivity contribution in [1.82, 2.24) is 20.2 Å². The van der Waals surface area contributed by atoms with Crippen LogP contribution < -0.4 is 15.5 Å². The molecule has 1 saturated carbocycles. The van der Waals surface area contributed by atoms with Crippen LogP contribution in [0.25, 0.3) is 5.52 Å². The van der Waals surface area contributed by atoms with Crippen molar-refractivity contribution < 1.29 is 9.53 Å². The Bertz CT molecular complexity index is 951. The summed E-state index contributed by atoms with van der Waals surface area (Å²) in [4.78, 5) is 15.0. The van der Waals surface area contributed by atoms with Gasteiger partial charge < -0.3 is 20.3 Å². The second kappa shape index (κ2) is 6.47. The number of nitrogens with zero attached hydrogens (tertiary/aromatic N) is 4. The number of nitriles is 1. The summed E-state index contributed by atoms with van der Waals surface area (Å²) in [6.07, 6.45) is 3.24. The molecule has 146 valence electrons. The number of morpholine rings is 1. The van der Waals surface area contributed by atoms with Crippen LogP contribution in [0.3, 0.4) is 0 Å². The zero-order valence-corrected chi connectivity index (χ0v) is 15.9. The number of anilines is 1. The number of nitrogens with one attached hydrogen (secondary N) is 2. The summed E-state index contributed by atoms with van der Waals surface area (Å²) >= 11 is 0. The van der Waals surface area contributed by atoms with Crippen molar-refractivity contribution in [3.63, 3.8) is 0 Å². The number of fused-ring (bicyclic) bond motifs is 1. The van der Waals surface area contributed by atoms with Gasteiger partial charge in [-0.05, 0) is 43.4 Å². The minimum Gasteiger partial charge on any atom is -0.364 e. The predicted octanol–water partition coefficient (Wildman–Crippen LogP) is 0.668. The maximum atomic E-state index is 12.8. The first-order valence-corrected chi connectivity index (χ1v) is 9.85. The smallest absolute Gasteiger partial charge is 0.251 e. The molecular formula is C20H24N6O2. The van der Waals surface area contributed by atoms with Gasteiger partial charge in [-0.1, -0.05) is 0 Å². The number of rotatable bonds is 3. The molecular weight excluding hydrogens is 356 g/mol. The van der Waals surface area contributed by atoms with Gasteiger partial charge in [0.25, 0.3) is 5.91 Å². The monoisotopic (exact) mass is 380 g/mol. The van der Waals surface area contributed by atoms with Gasteiger partial charge in [0.1, 0.15) is 11.8 Å². The SMILES string of the molecule is C[C@@H]1CN(c2ccc(C#N)n3nccc23)C[C@H](C(=O)NC2CC3(CNC3)C2)O1. The molecule has 5 rings (SSSR count). The Morgan fingerprint density at radius 2 is 2.18 bits per heavy atom. The van der Waals surface area contributed by atoms with Gasteiger partial charge in [0.15, 0.2) is 6.10 Å². The first-order valence-electron chi connectivity index (χ1n) is 9.85. The maximum Gasteiger partial charge on any atom is 0.251 e. The Balaban J connectivity index is 1.31. The standard InChI is InChI=1S/C20H24N6O2/c1-13-9-25(16-3-2-15(8-21)26-17(16)4-5-23-26)10-18(28-13)19(27)24-14-6-20(7-14)11-22-12-20/h2-5,13-14,18,22H,6-7,9-12H2,1H3,(H,24,27)/t13-,18-/m1/s1. The number of ether oxygens (including phenoxy) is 1. The summed E-state index contributed by atoms with van der Waals surface area (Å²) in [6.45, 7) is 5.31. The van der Waals surface area contributed by atoms with E-state index in [1.165, 1.54) is 0 Å². The molecule has 0 bridgehead atoms. The predicted molar refractivity (Wildman–Crippen MR) is 103 cm³/mol. The summed E-state index contributed by atoms with van der Waals surface area (Å²) in [5.41, 5.74) is 2.75. The van der Waals surface area contributed by atoms with Crippen LogP contribution in [0, 0.1) is 16.7 Å². The summed E-state index contributed by atoms with van der Waals surface area (Å²) in [5.74, 6) is -0.0261. The van der Waals surface area contributed by atoms with Crippen LogP contribution in [0.4, 0.5) is 5.69 Å². The molecule has 8 nitrogen and oxygen atoms in total. The van der Waals surface area contributed by atoms with E-state index in [0.717, 1.165) is 37.1 Å². The molecule has 2 aromatic rings. The van der Waals surface area contributed by atoms with E-state index in [1.54, 1.807) is 16.8 Å². The van der Waals surface area contributed by atoms with Crippen LogP contribution in [0.2, 0.25) is 0 Å². The van der Waals surface area contributed by atoms with Crippen LogP contribution >= 0.6 is 0 Å². The zero-order chi connectivity index (χ0) is 19.3. The molecule has 1 spiro atoms. The molecule has 2 aromatic heterocycles. The molecule has 2 N–H and O–H groups in total. The lowest BCUT2D eigenvalue weighted by molar-refractivity contribution is -0.140. The highest BCUT2D eigenvalue weighted by molar-refractivity contribution is 5.83. The molecule has 2 saturated heterocycles. The fourth-order valence-electron chi connectivity index (χ4n) is 4.80. The third kappa shape index (κ3) is 2.82. The van der Waals surface area contributed by atoms with Gasteiger partial charge in [-0.15, -0.1) is 0 Å². The van der Waals surface area contributed by atoms with Gasteiger partial charge in [-0.25, -0.2) is 4.52 Å². The van der Waals surface area contributed by atoms with Gasteiger partial charge in [-0.3, -0.25) is 4.79 Å². The molecule has 0 unspecified atom stereocenters. The Morgan fingerprint density at radius 3 is 2.89 bits per heavy atom. The Labute approximate surface area is 163 Å². The maximum absolute atomic E-state index is 12.8. The van der Waals surface area contributed by atoms with E-state index < -0.39 is 6.10 Å². The fraction of sp³-hybridized carbons (Fsp3) is 0.550. The molecule has 2 aliphatic heterocycles. The minimum atomic E-state index is -0.501. The van der Waals surface area contributed by atoms with Gasteiger partial charge in [0.05, 0.1) is 30.0 Å². The lowest BCUT2D eigenvalue weighted by Gasteiger charge is -2.54. The molecule has 4 heterocycles. The van der Waals surface area contributed by atoms with E-state index >= 15 is 0 Å². The number of carbonyl (C=O) groups excluding carboxylic acids is 1. The van der Waals surface area contributed by atoms with Crippen LogP contribution in [-0.2, 0) is 9.53 Å². The molecule has 8 heteroatoms. The summed E-state index contributed by atoms with van der Waals surface area (Å²) in [6, 6.07) is 8.02. The zero-order valence-electron chi connectivity index (χ0n) is 15.9. The summed E-state index contributed by atoms with van der Waals surface area (Å²) < 4.78 is 7.60. The number of carbonyl (C=O) groups is 1. The van der Waals surface area contributed by atoms with Crippen molar-refractivity contribution in [2.75, 3.05) is 31.1 Å². The lowest BCUT2D eigenvalue weighted by atomic mass is 9.61. The van der Waals surface area contributed by atoms with E-state index in [-0.39, 0.29) is 18.1 Å². The van der Waals surface area contributed by atoms with Crippen LogP contribution in [-0.4, -0.2) is 60.0 Å². The molecule has 2 atom stereocenters. The highest BCUT2D eigenvalue weighted by atomic mass is 16.5. The number of aromatic nitrogens is 2. The van der Waals surface area contributed by atoms with Crippen LogP contribution in [0.1, 0.15) is 25.5 Å². The quantitative estimate of drug-likeness (QED) is 0.813. The average molecular weight is 380 g/mol. The Kier molecular flexibility index (Phi) is 4.03. The van der Waals surface area contributed by atoms with Gasteiger partial charge in [0, 0.05) is 25.7 Å². The van der Waals surface area contributed by atoms with Crippen molar-refractivity contribution >= 4 is 17.1 Å². The molecule has 3 fully saturated rings. The summed E-state index contributed by atoms with van der Waals surface area (Å²) in [5, 5.41) is 20.0. The third-order valence-electron chi connectivity index (χ3n) is 6.25. The van der Waals surface area contributed by atoms with Crippen molar-refractivity contribution in [2.24, 2.45) is 5.41 Å². The van der Waals surface area contributed by atoms with Gasteiger partial charge >= 0.3 is 0 Å². The van der Waals surface area contributed by atoms with E-state index in [9.17, 15) is 10.1 Å². The van der Waals surface area contributed by atoms with Gasteiger partial charge in [-0.2, -0.15) is 10.4 Å². The first-order chi connectivity index (χ1) is 13.6. The second-order valence-corrected chi connectivity index (χ2v) is 8.40. The van der Waals surface area contributed by atoms with Crippen LogP contribution in [0.5, 0.6) is 0 Å². The normalized spacial score (nSPS) is 26.5. The van der Waals surface area contributed by atoms with Crippen molar-refractivity contribution in [2.45, 2.75) is 38.0 Å². The fourth-order valence-corrected chi connectivity index (χ4v) is 4.80. The van der Waals surface area contributed by atoms with Crippen LogP contribution in [0.15, 0.2) is 24.4 Å². The number of hydrogen-bond acceptors (Lipinski definition) is 6. The second-order valence-electron chi connectivity index (χ2n) is 8.40. The molecule has 0 radical (unpaired) electrons. The molecule has 0 aromatic carbocycles. The van der Waals surface area contributed by atoms with E-state index in [0.29, 0.717) is 24.2 Å². The lowest BCUT2D eigenvalue weighted by Crippen LogP contribution is -2.66.